The Bertz CT molecular complexity index is 389. The molecule has 2 aliphatic rings. The van der Waals surface area contributed by atoms with Crippen molar-refractivity contribution >= 4 is 46.0 Å². The van der Waals surface area contributed by atoms with Gasteiger partial charge in [-0.2, -0.15) is 0 Å². The summed E-state index contributed by atoms with van der Waals surface area (Å²) in [5, 5.41) is 12.9. The molecule has 2 heterocycles. The molecule has 0 aliphatic carbocycles. The minimum atomic E-state index is -1.22. The second-order valence-electron chi connectivity index (χ2n) is 3.70. The molecule has 0 aromatic rings. The van der Waals surface area contributed by atoms with E-state index in [1.54, 1.807) is 11.1 Å². The van der Waals surface area contributed by atoms with Gasteiger partial charge in [-0.05, 0) is 19.9 Å². The van der Waals surface area contributed by atoms with Crippen molar-refractivity contribution in [2.45, 2.75) is 23.1 Å². The summed E-state index contributed by atoms with van der Waals surface area (Å²) in [5.41, 5.74) is 0. The molecule has 0 aromatic heterocycles. The Morgan fingerprint density at radius 1 is 1.53 bits per heavy atom. The fourth-order valence-electron chi connectivity index (χ4n) is 1.41. The molecule has 0 spiro atoms. The number of hydrogen-bond acceptors (Lipinski definition) is 4. The minimum absolute atomic E-state index is 0.341. The molecule has 0 aromatic carbocycles. The smallest absolute Gasteiger partial charge is 0.230 e. The molecule has 2 rings (SSSR count). The standard InChI is InChI=1S/C8H9Cl2N3OS/c1-7(2)5(12-14)13-4-3-8(9,10)11-6(13)15-7/h3-4,14H,1-2H3/b12-5-. The summed E-state index contributed by atoms with van der Waals surface area (Å²) in [6.07, 6.45) is 3.20. The number of aliphatic imine (C=N–C) groups is 1. The van der Waals surface area contributed by atoms with Gasteiger partial charge in [0.25, 0.3) is 0 Å². The van der Waals surface area contributed by atoms with E-state index in [4.69, 9.17) is 28.4 Å². The maximum absolute atomic E-state index is 8.95. The average Bonchev–Trinajstić information content (AvgIpc) is 2.31. The zero-order valence-corrected chi connectivity index (χ0v) is 10.4. The Hall–Kier alpha value is -0.390. The summed E-state index contributed by atoms with van der Waals surface area (Å²) < 4.78 is -1.56. The van der Waals surface area contributed by atoms with Crippen molar-refractivity contribution < 1.29 is 5.21 Å². The van der Waals surface area contributed by atoms with Crippen LogP contribution in [0, 0.1) is 0 Å². The molecule has 1 N–H and O–H groups in total. The van der Waals surface area contributed by atoms with Crippen LogP contribution >= 0.6 is 35.0 Å². The lowest BCUT2D eigenvalue weighted by Crippen LogP contribution is -2.34. The lowest BCUT2D eigenvalue weighted by molar-refractivity contribution is 0.311. The molecular weight excluding hydrogens is 257 g/mol. The molecule has 15 heavy (non-hydrogen) atoms. The fraction of sp³-hybridized carbons (Fsp3) is 0.500. The SMILES string of the molecule is CC1(C)SC2=NC(Cl)(Cl)C=CN2/C1=N\O. The minimum Gasteiger partial charge on any atom is -0.409 e. The third-order valence-electron chi connectivity index (χ3n) is 2.08. The largest absolute Gasteiger partial charge is 0.409 e. The van der Waals surface area contributed by atoms with E-state index in [1.807, 2.05) is 13.8 Å². The normalized spacial score (nSPS) is 29.2. The van der Waals surface area contributed by atoms with Crippen LogP contribution < -0.4 is 0 Å². The van der Waals surface area contributed by atoms with Gasteiger partial charge in [0, 0.05) is 6.20 Å². The predicted molar refractivity (Wildman–Crippen MR) is 63.7 cm³/mol. The Labute approximate surface area is 102 Å². The number of fused-ring (bicyclic) bond motifs is 1. The van der Waals surface area contributed by atoms with Gasteiger partial charge in [0.2, 0.25) is 4.46 Å². The summed E-state index contributed by atoms with van der Waals surface area (Å²) in [6, 6.07) is 0. The highest BCUT2D eigenvalue weighted by Crippen LogP contribution is 2.42. The van der Waals surface area contributed by atoms with Gasteiger partial charge in [-0.15, -0.1) is 0 Å². The monoisotopic (exact) mass is 265 g/mol. The van der Waals surface area contributed by atoms with Gasteiger partial charge in [0.15, 0.2) is 11.0 Å². The maximum Gasteiger partial charge on any atom is 0.230 e. The van der Waals surface area contributed by atoms with Gasteiger partial charge in [0.05, 0.1) is 4.75 Å². The molecule has 4 nitrogen and oxygen atoms in total. The van der Waals surface area contributed by atoms with Gasteiger partial charge in [0.1, 0.15) is 0 Å². The first-order valence-corrected chi connectivity index (χ1v) is 5.81. The van der Waals surface area contributed by atoms with Gasteiger partial charge >= 0.3 is 0 Å². The number of oxime groups is 1. The lowest BCUT2D eigenvalue weighted by atomic mass is 10.2. The van der Waals surface area contributed by atoms with Crippen molar-refractivity contribution in [1.82, 2.24) is 4.90 Å². The number of halogens is 2. The van der Waals surface area contributed by atoms with Crippen molar-refractivity contribution in [3.8, 4) is 0 Å². The zero-order chi connectivity index (χ0) is 11.3. The van der Waals surface area contributed by atoms with Gasteiger partial charge in [-0.25, -0.2) is 4.99 Å². The van der Waals surface area contributed by atoms with E-state index in [9.17, 15) is 0 Å². The van der Waals surface area contributed by atoms with E-state index < -0.39 is 4.46 Å². The summed E-state index contributed by atoms with van der Waals surface area (Å²) in [5.74, 6) is 0.520. The van der Waals surface area contributed by atoms with Crippen molar-refractivity contribution in [3.63, 3.8) is 0 Å². The van der Waals surface area contributed by atoms with Gasteiger partial charge < -0.3 is 5.21 Å². The number of nitrogens with zero attached hydrogens (tertiary/aromatic N) is 3. The highest BCUT2D eigenvalue weighted by molar-refractivity contribution is 8.16. The van der Waals surface area contributed by atoms with Crippen LogP contribution in [0.1, 0.15) is 13.8 Å². The van der Waals surface area contributed by atoms with Gasteiger partial charge in [-0.3, -0.25) is 4.90 Å². The van der Waals surface area contributed by atoms with Crippen LogP contribution in [0.25, 0.3) is 0 Å². The van der Waals surface area contributed by atoms with E-state index in [0.29, 0.717) is 11.0 Å². The van der Waals surface area contributed by atoms with Crippen molar-refractivity contribution in [3.05, 3.63) is 12.3 Å². The second-order valence-corrected chi connectivity index (χ2v) is 6.64. The van der Waals surface area contributed by atoms with Crippen LogP contribution in [0.4, 0.5) is 0 Å². The Morgan fingerprint density at radius 2 is 2.20 bits per heavy atom. The topological polar surface area (TPSA) is 48.2 Å². The van der Waals surface area contributed by atoms with E-state index in [2.05, 4.69) is 10.1 Å². The average molecular weight is 266 g/mol. The molecule has 0 saturated carbocycles. The quantitative estimate of drug-likeness (QED) is 0.317. The molecule has 2 aliphatic heterocycles. The molecule has 0 amide bonds. The van der Waals surface area contributed by atoms with E-state index in [0.717, 1.165) is 0 Å². The van der Waals surface area contributed by atoms with Crippen LogP contribution in [0.15, 0.2) is 22.4 Å². The number of rotatable bonds is 0. The molecule has 1 saturated heterocycles. The molecular formula is C8H9Cl2N3OS. The summed E-state index contributed by atoms with van der Waals surface area (Å²) in [4.78, 5) is 5.80. The molecule has 7 heteroatoms. The lowest BCUT2D eigenvalue weighted by Gasteiger charge is -2.22. The first-order valence-electron chi connectivity index (χ1n) is 4.23. The number of thioether (sulfide) groups is 1. The highest BCUT2D eigenvalue weighted by atomic mass is 35.5. The molecule has 82 valence electrons. The van der Waals surface area contributed by atoms with Crippen LogP contribution in [-0.2, 0) is 0 Å². The third kappa shape index (κ3) is 1.84. The van der Waals surface area contributed by atoms with Crippen molar-refractivity contribution in [2.24, 2.45) is 10.1 Å². The highest BCUT2D eigenvalue weighted by Gasteiger charge is 2.45. The maximum atomic E-state index is 8.95. The van der Waals surface area contributed by atoms with Gasteiger partial charge in [-0.1, -0.05) is 40.1 Å². The number of hydrogen-bond donors (Lipinski definition) is 1. The van der Waals surface area contributed by atoms with Crippen LogP contribution in [0.3, 0.4) is 0 Å². The summed E-state index contributed by atoms with van der Waals surface area (Å²) in [6.45, 7) is 3.87. The van der Waals surface area contributed by atoms with Crippen LogP contribution in [0.5, 0.6) is 0 Å². The van der Waals surface area contributed by atoms with Crippen molar-refractivity contribution in [2.75, 3.05) is 0 Å². The third-order valence-corrected chi connectivity index (χ3v) is 3.67. The molecule has 0 radical (unpaired) electrons. The molecule has 0 atom stereocenters. The number of amidine groups is 2. The predicted octanol–water partition coefficient (Wildman–Crippen LogP) is 2.62. The first-order chi connectivity index (χ1) is 6.86. The molecule has 1 fully saturated rings. The van der Waals surface area contributed by atoms with E-state index >= 15 is 0 Å². The Balaban J connectivity index is 2.44. The fourth-order valence-corrected chi connectivity index (χ4v) is 2.91. The Kier molecular flexibility index (Phi) is 2.44. The Morgan fingerprint density at radius 3 is 2.80 bits per heavy atom. The van der Waals surface area contributed by atoms with Crippen LogP contribution in [0.2, 0.25) is 0 Å². The van der Waals surface area contributed by atoms with Crippen LogP contribution in [-0.4, -0.2) is 30.3 Å². The summed E-state index contributed by atoms with van der Waals surface area (Å²) >= 11 is 13.2. The van der Waals surface area contributed by atoms with E-state index in [1.165, 1.54) is 17.8 Å². The summed E-state index contributed by atoms with van der Waals surface area (Å²) in [7, 11) is 0. The zero-order valence-electron chi connectivity index (χ0n) is 8.11. The number of alkyl halides is 2. The second kappa shape index (κ2) is 3.30. The molecule has 0 unspecified atom stereocenters. The van der Waals surface area contributed by atoms with E-state index in [-0.39, 0.29) is 4.75 Å². The first kappa shape index (κ1) is 11.1. The molecule has 0 bridgehead atoms. The van der Waals surface area contributed by atoms with Crippen molar-refractivity contribution in [1.29, 1.82) is 0 Å².